The summed E-state index contributed by atoms with van der Waals surface area (Å²) >= 11 is 5.76. The zero-order valence-electron chi connectivity index (χ0n) is 15.4. The van der Waals surface area contributed by atoms with Gasteiger partial charge >= 0.3 is 0 Å². The van der Waals surface area contributed by atoms with Crippen molar-refractivity contribution in [3.8, 4) is 5.75 Å². The summed E-state index contributed by atoms with van der Waals surface area (Å²) in [5.74, 6) is 0.794. The fraction of sp³-hybridized carbons (Fsp3) is 0.238. The first-order valence-corrected chi connectivity index (χ1v) is 9.44. The second-order valence-electron chi connectivity index (χ2n) is 6.39. The summed E-state index contributed by atoms with van der Waals surface area (Å²) in [6.07, 6.45) is 3.92. The lowest BCUT2D eigenvalue weighted by Gasteiger charge is -2.29. The first kappa shape index (κ1) is 17.5. The molecule has 1 aliphatic rings. The van der Waals surface area contributed by atoms with Crippen molar-refractivity contribution in [1.29, 1.82) is 0 Å². The van der Waals surface area contributed by atoms with E-state index in [1.54, 1.807) is 7.11 Å². The van der Waals surface area contributed by atoms with Crippen molar-refractivity contribution in [2.75, 3.05) is 12.0 Å². The molecule has 0 aliphatic carbocycles. The van der Waals surface area contributed by atoms with E-state index in [0.717, 1.165) is 23.7 Å². The van der Waals surface area contributed by atoms with E-state index in [0.29, 0.717) is 5.11 Å². The number of anilines is 1. The number of hydrogen-bond donors (Lipinski definition) is 1. The summed E-state index contributed by atoms with van der Waals surface area (Å²) in [6, 6.07) is 18.1. The molecule has 1 aromatic carbocycles. The number of nitrogens with zero attached hydrogens (tertiary/aromatic N) is 3. The fourth-order valence-corrected chi connectivity index (χ4v) is 4.07. The molecular formula is C21H22N4OS. The lowest BCUT2D eigenvalue weighted by Crippen LogP contribution is -2.30. The van der Waals surface area contributed by atoms with E-state index in [4.69, 9.17) is 17.0 Å². The average Bonchev–Trinajstić information content (AvgIpc) is 3.32. The molecule has 5 nitrogen and oxygen atoms in total. The Morgan fingerprint density at radius 3 is 2.67 bits per heavy atom. The minimum Gasteiger partial charge on any atom is -0.495 e. The van der Waals surface area contributed by atoms with Gasteiger partial charge in [0, 0.05) is 24.6 Å². The number of pyridine rings is 1. The lowest BCUT2D eigenvalue weighted by molar-refractivity contribution is 0.414. The molecule has 0 spiro atoms. The molecule has 1 fully saturated rings. The minimum absolute atomic E-state index is 0.0290. The van der Waals surface area contributed by atoms with E-state index in [9.17, 15) is 0 Å². The number of ether oxygens (including phenoxy) is 1. The van der Waals surface area contributed by atoms with Gasteiger partial charge in [0.2, 0.25) is 0 Å². The van der Waals surface area contributed by atoms with Gasteiger partial charge in [0.1, 0.15) is 11.8 Å². The maximum absolute atomic E-state index is 5.76. The highest BCUT2D eigenvalue weighted by Gasteiger charge is 2.42. The minimum atomic E-state index is -0.0520. The van der Waals surface area contributed by atoms with Crippen LogP contribution in [0.2, 0.25) is 0 Å². The molecule has 3 aromatic rings. The molecule has 0 amide bonds. The van der Waals surface area contributed by atoms with Gasteiger partial charge in [-0.1, -0.05) is 18.2 Å². The van der Waals surface area contributed by atoms with Crippen LogP contribution in [0.15, 0.2) is 67.0 Å². The maximum atomic E-state index is 5.76. The first-order valence-electron chi connectivity index (χ1n) is 9.03. The molecule has 4 rings (SSSR count). The van der Waals surface area contributed by atoms with Gasteiger partial charge in [-0.15, -0.1) is 0 Å². The van der Waals surface area contributed by atoms with Crippen LogP contribution in [0.3, 0.4) is 0 Å². The van der Waals surface area contributed by atoms with Crippen molar-refractivity contribution in [3.63, 3.8) is 0 Å². The van der Waals surface area contributed by atoms with Gasteiger partial charge in [0.25, 0.3) is 0 Å². The van der Waals surface area contributed by atoms with E-state index >= 15 is 0 Å². The van der Waals surface area contributed by atoms with Crippen molar-refractivity contribution in [2.45, 2.75) is 25.6 Å². The van der Waals surface area contributed by atoms with Gasteiger partial charge in [-0.2, -0.15) is 0 Å². The number of para-hydroxylation sites is 2. The van der Waals surface area contributed by atoms with Crippen molar-refractivity contribution < 1.29 is 4.74 Å². The van der Waals surface area contributed by atoms with E-state index in [-0.39, 0.29) is 12.1 Å². The van der Waals surface area contributed by atoms with Crippen molar-refractivity contribution >= 4 is 23.0 Å². The molecule has 1 aliphatic heterocycles. The van der Waals surface area contributed by atoms with Crippen LogP contribution in [-0.2, 0) is 6.54 Å². The summed E-state index contributed by atoms with van der Waals surface area (Å²) in [4.78, 5) is 6.74. The highest BCUT2D eigenvalue weighted by Crippen LogP contribution is 2.44. The monoisotopic (exact) mass is 378 g/mol. The molecule has 3 heterocycles. The molecule has 27 heavy (non-hydrogen) atoms. The van der Waals surface area contributed by atoms with Crippen LogP contribution in [0.1, 0.15) is 30.4 Å². The molecular weight excluding hydrogens is 356 g/mol. The lowest BCUT2D eigenvalue weighted by atomic mass is 10.0. The highest BCUT2D eigenvalue weighted by atomic mass is 32.1. The average molecular weight is 379 g/mol. The Kier molecular flexibility index (Phi) is 4.81. The molecule has 0 unspecified atom stereocenters. The summed E-state index contributed by atoms with van der Waals surface area (Å²) in [6.45, 7) is 3.04. The van der Waals surface area contributed by atoms with Crippen LogP contribution < -0.4 is 15.0 Å². The van der Waals surface area contributed by atoms with Gasteiger partial charge in [0.15, 0.2) is 5.11 Å². The summed E-state index contributed by atoms with van der Waals surface area (Å²) < 4.78 is 7.87. The molecule has 6 heteroatoms. The fourth-order valence-electron chi connectivity index (χ4n) is 3.73. The summed E-state index contributed by atoms with van der Waals surface area (Å²) in [5.41, 5.74) is 3.10. The van der Waals surface area contributed by atoms with E-state index in [1.165, 1.54) is 5.69 Å². The van der Waals surface area contributed by atoms with Gasteiger partial charge in [0.05, 0.1) is 24.5 Å². The first-order chi connectivity index (χ1) is 13.2. The number of aromatic nitrogens is 2. The smallest absolute Gasteiger partial charge is 0.174 e. The van der Waals surface area contributed by atoms with Gasteiger partial charge in [-0.3, -0.25) is 4.98 Å². The molecule has 0 bridgehead atoms. The standard InChI is InChI=1S/C21H22N4OS/c1-3-24-14-8-11-17(24)20-19(15-9-6-7-13-22-15)23-21(27)25(20)16-10-4-5-12-18(16)26-2/h4-14,19-20H,3H2,1-2H3,(H,23,27)/t19-,20-/m0/s1. The molecule has 0 saturated carbocycles. The Bertz CT molecular complexity index is 940. The Labute approximate surface area is 164 Å². The zero-order valence-corrected chi connectivity index (χ0v) is 16.2. The highest BCUT2D eigenvalue weighted by molar-refractivity contribution is 7.80. The maximum Gasteiger partial charge on any atom is 0.174 e. The van der Waals surface area contributed by atoms with Crippen LogP contribution in [0.4, 0.5) is 5.69 Å². The Balaban J connectivity index is 1.88. The number of nitrogens with one attached hydrogen (secondary N) is 1. The van der Waals surface area contributed by atoms with Crippen LogP contribution >= 0.6 is 12.2 Å². The van der Waals surface area contributed by atoms with Crippen LogP contribution in [0, 0.1) is 0 Å². The topological polar surface area (TPSA) is 42.3 Å². The van der Waals surface area contributed by atoms with E-state index in [1.807, 2.05) is 48.7 Å². The number of thiocarbonyl (C=S) groups is 1. The quantitative estimate of drug-likeness (QED) is 0.678. The predicted octanol–water partition coefficient (Wildman–Crippen LogP) is 4.09. The predicted molar refractivity (Wildman–Crippen MR) is 111 cm³/mol. The van der Waals surface area contributed by atoms with Crippen LogP contribution in [-0.4, -0.2) is 21.8 Å². The van der Waals surface area contributed by atoms with E-state index < -0.39 is 0 Å². The summed E-state index contributed by atoms with van der Waals surface area (Å²) in [7, 11) is 1.69. The van der Waals surface area contributed by atoms with Crippen LogP contribution in [0.5, 0.6) is 5.75 Å². The van der Waals surface area contributed by atoms with Crippen molar-refractivity contribution in [2.24, 2.45) is 0 Å². The van der Waals surface area contributed by atoms with Gasteiger partial charge in [-0.05, 0) is 55.5 Å². The normalized spacial score (nSPS) is 19.2. The Morgan fingerprint density at radius 1 is 1.11 bits per heavy atom. The number of rotatable bonds is 5. The molecule has 2 atom stereocenters. The number of methoxy groups -OCH3 is 1. The Morgan fingerprint density at radius 2 is 1.93 bits per heavy atom. The third kappa shape index (κ3) is 3.06. The van der Waals surface area contributed by atoms with Crippen molar-refractivity contribution in [3.05, 3.63) is 78.4 Å². The Hall–Kier alpha value is -2.86. The zero-order chi connectivity index (χ0) is 18.8. The molecule has 138 valence electrons. The summed E-state index contributed by atoms with van der Waals surface area (Å²) in [5, 5.41) is 4.16. The van der Waals surface area contributed by atoms with Gasteiger partial charge < -0.3 is 19.5 Å². The number of aryl methyl sites for hydroxylation is 1. The molecule has 0 radical (unpaired) electrons. The van der Waals surface area contributed by atoms with Crippen molar-refractivity contribution in [1.82, 2.24) is 14.9 Å². The SMILES string of the molecule is CCn1cccc1[C@H]1[C@H](c2ccccn2)NC(=S)N1c1ccccc1OC. The largest absolute Gasteiger partial charge is 0.495 e. The van der Waals surface area contributed by atoms with Gasteiger partial charge in [-0.25, -0.2) is 0 Å². The number of hydrogen-bond acceptors (Lipinski definition) is 3. The third-order valence-corrected chi connectivity index (χ3v) is 5.27. The van der Waals surface area contributed by atoms with E-state index in [2.05, 4.69) is 45.0 Å². The van der Waals surface area contributed by atoms with Crippen LogP contribution in [0.25, 0.3) is 0 Å². The molecule has 1 saturated heterocycles. The molecule has 2 aromatic heterocycles. The third-order valence-electron chi connectivity index (χ3n) is 4.95. The second kappa shape index (κ2) is 7.40. The second-order valence-corrected chi connectivity index (χ2v) is 6.77. The molecule has 1 N–H and O–H groups in total. The number of benzene rings is 1.